The van der Waals surface area contributed by atoms with Gasteiger partial charge in [0.25, 0.3) is 5.91 Å². The van der Waals surface area contributed by atoms with Crippen LogP contribution in [-0.4, -0.2) is 38.7 Å². The van der Waals surface area contributed by atoms with Crippen molar-refractivity contribution in [3.05, 3.63) is 64.2 Å². The van der Waals surface area contributed by atoms with Gasteiger partial charge in [0.2, 0.25) is 0 Å². The number of anilines is 1. The van der Waals surface area contributed by atoms with Crippen LogP contribution in [0, 0.1) is 13.8 Å². The van der Waals surface area contributed by atoms with E-state index in [1.807, 2.05) is 38.2 Å². The molecule has 0 atom stereocenters. The number of rotatable bonds is 5. The van der Waals surface area contributed by atoms with E-state index in [1.54, 1.807) is 16.8 Å². The summed E-state index contributed by atoms with van der Waals surface area (Å²) in [6.07, 6.45) is 6.83. The standard InChI is InChI=1S/C23H27ClN6O/c1-16-13-17(2)30(28-16)21-10-8-19(24)22(27-21)23(31)26-15-18-7-9-20(25-14-18)29-11-5-3-4-6-12-29/h7-10,13-14H,3-6,11-12,15H2,1-2H3,(H,26,31). The van der Waals surface area contributed by atoms with E-state index in [0.717, 1.165) is 35.9 Å². The fourth-order valence-electron chi connectivity index (χ4n) is 3.84. The molecule has 0 aliphatic carbocycles. The van der Waals surface area contributed by atoms with Gasteiger partial charge in [-0.25, -0.2) is 14.6 Å². The minimum Gasteiger partial charge on any atom is -0.357 e. The number of hydrogen-bond acceptors (Lipinski definition) is 5. The van der Waals surface area contributed by atoms with Crippen LogP contribution in [0.25, 0.3) is 5.82 Å². The van der Waals surface area contributed by atoms with Gasteiger partial charge < -0.3 is 10.2 Å². The normalized spacial score (nSPS) is 14.4. The zero-order chi connectivity index (χ0) is 21.8. The third kappa shape index (κ3) is 5.05. The molecule has 4 heterocycles. The molecule has 0 aromatic carbocycles. The number of aromatic nitrogens is 4. The second kappa shape index (κ2) is 9.47. The van der Waals surface area contributed by atoms with Crippen molar-refractivity contribution in [2.45, 2.75) is 46.1 Å². The number of carbonyl (C=O) groups is 1. The maximum Gasteiger partial charge on any atom is 0.271 e. The Morgan fingerprint density at radius 3 is 2.45 bits per heavy atom. The van der Waals surface area contributed by atoms with Crippen LogP contribution >= 0.6 is 11.6 Å². The lowest BCUT2D eigenvalue weighted by atomic mass is 10.2. The summed E-state index contributed by atoms with van der Waals surface area (Å²) in [6, 6.07) is 9.42. The van der Waals surface area contributed by atoms with Crippen molar-refractivity contribution in [2.24, 2.45) is 0 Å². The molecule has 1 amide bonds. The summed E-state index contributed by atoms with van der Waals surface area (Å²) in [6.45, 7) is 6.32. The number of aryl methyl sites for hydroxylation is 2. The number of amides is 1. The van der Waals surface area contributed by atoms with Gasteiger partial charge in [0.05, 0.1) is 10.7 Å². The molecule has 31 heavy (non-hydrogen) atoms. The molecular formula is C23H27ClN6O. The van der Waals surface area contributed by atoms with Crippen LogP contribution in [0.1, 0.15) is 53.1 Å². The minimum atomic E-state index is -0.329. The number of hydrogen-bond donors (Lipinski definition) is 1. The third-order valence-electron chi connectivity index (χ3n) is 5.47. The van der Waals surface area contributed by atoms with Gasteiger partial charge in [0, 0.05) is 31.5 Å². The highest BCUT2D eigenvalue weighted by Gasteiger charge is 2.16. The highest BCUT2D eigenvalue weighted by atomic mass is 35.5. The molecule has 0 unspecified atom stereocenters. The summed E-state index contributed by atoms with van der Waals surface area (Å²) in [4.78, 5) is 24.1. The van der Waals surface area contributed by atoms with Crippen molar-refractivity contribution in [2.75, 3.05) is 18.0 Å². The number of nitrogens with one attached hydrogen (secondary N) is 1. The Kier molecular flexibility index (Phi) is 6.51. The molecular weight excluding hydrogens is 412 g/mol. The summed E-state index contributed by atoms with van der Waals surface area (Å²) >= 11 is 6.25. The van der Waals surface area contributed by atoms with E-state index >= 15 is 0 Å². The average Bonchev–Trinajstić information content (AvgIpc) is 2.96. The van der Waals surface area contributed by atoms with Crippen LogP contribution in [-0.2, 0) is 6.54 Å². The van der Waals surface area contributed by atoms with Crippen molar-refractivity contribution in [3.63, 3.8) is 0 Å². The van der Waals surface area contributed by atoms with Crippen molar-refractivity contribution in [1.82, 2.24) is 25.1 Å². The molecule has 4 rings (SSSR count). The van der Waals surface area contributed by atoms with Crippen LogP contribution in [0.3, 0.4) is 0 Å². The van der Waals surface area contributed by atoms with Crippen LogP contribution in [0.2, 0.25) is 5.02 Å². The Hall–Kier alpha value is -2.93. The van der Waals surface area contributed by atoms with Crippen molar-refractivity contribution < 1.29 is 4.79 Å². The Labute approximate surface area is 187 Å². The lowest BCUT2D eigenvalue weighted by Crippen LogP contribution is -2.26. The molecule has 0 spiro atoms. The van der Waals surface area contributed by atoms with Crippen LogP contribution in [0.15, 0.2) is 36.5 Å². The predicted octanol–water partition coefficient (Wildman–Crippen LogP) is 4.24. The first-order chi connectivity index (χ1) is 15.0. The van der Waals surface area contributed by atoms with E-state index in [2.05, 4.69) is 25.3 Å². The van der Waals surface area contributed by atoms with Gasteiger partial charge in [0.15, 0.2) is 5.82 Å². The summed E-state index contributed by atoms with van der Waals surface area (Å²) < 4.78 is 1.70. The second-order valence-corrected chi connectivity index (χ2v) is 8.35. The maximum atomic E-state index is 12.7. The second-order valence-electron chi connectivity index (χ2n) is 7.95. The van der Waals surface area contributed by atoms with Gasteiger partial charge in [0.1, 0.15) is 11.5 Å². The number of pyridine rings is 2. The van der Waals surface area contributed by atoms with Gasteiger partial charge in [-0.05, 0) is 56.5 Å². The Morgan fingerprint density at radius 1 is 1.06 bits per heavy atom. The molecule has 1 fully saturated rings. The zero-order valence-electron chi connectivity index (χ0n) is 17.9. The Balaban J connectivity index is 1.42. The fraction of sp³-hybridized carbons (Fsp3) is 0.391. The SMILES string of the molecule is Cc1cc(C)n(-c2ccc(Cl)c(C(=O)NCc3ccc(N4CCCCCC4)nc3)n2)n1. The smallest absolute Gasteiger partial charge is 0.271 e. The largest absolute Gasteiger partial charge is 0.357 e. The van der Waals surface area contributed by atoms with Gasteiger partial charge in [-0.1, -0.05) is 30.5 Å². The molecule has 1 aliphatic rings. The summed E-state index contributed by atoms with van der Waals surface area (Å²) in [7, 11) is 0. The van der Waals surface area contributed by atoms with Crippen LogP contribution in [0.4, 0.5) is 5.82 Å². The number of halogens is 1. The zero-order valence-corrected chi connectivity index (χ0v) is 18.7. The van der Waals surface area contributed by atoms with Gasteiger partial charge in [-0.2, -0.15) is 5.10 Å². The first-order valence-corrected chi connectivity index (χ1v) is 11.1. The first-order valence-electron chi connectivity index (χ1n) is 10.7. The van der Waals surface area contributed by atoms with E-state index in [-0.39, 0.29) is 11.6 Å². The van der Waals surface area contributed by atoms with E-state index in [4.69, 9.17) is 11.6 Å². The highest BCUT2D eigenvalue weighted by molar-refractivity contribution is 6.33. The molecule has 1 saturated heterocycles. The van der Waals surface area contributed by atoms with E-state index < -0.39 is 0 Å². The minimum absolute atomic E-state index is 0.181. The lowest BCUT2D eigenvalue weighted by molar-refractivity contribution is 0.0946. The van der Waals surface area contributed by atoms with E-state index in [9.17, 15) is 4.79 Å². The Morgan fingerprint density at radius 2 is 1.81 bits per heavy atom. The predicted molar refractivity (Wildman–Crippen MR) is 122 cm³/mol. The molecule has 3 aromatic heterocycles. The lowest BCUT2D eigenvalue weighted by Gasteiger charge is -2.21. The van der Waals surface area contributed by atoms with Crippen LogP contribution < -0.4 is 10.2 Å². The molecule has 0 bridgehead atoms. The average molecular weight is 439 g/mol. The van der Waals surface area contributed by atoms with E-state index in [1.165, 1.54) is 25.7 Å². The maximum absolute atomic E-state index is 12.7. The summed E-state index contributed by atoms with van der Waals surface area (Å²) in [5.41, 5.74) is 2.93. The van der Waals surface area contributed by atoms with Crippen molar-refractivity contribution in [1.29, 1.82) is 0 Å². The van der Waals surface area contributed by atoms with Gasteiger partial charge in [-0.15, -0.1) is 0 Å². The number of nitrogens with zero attached hydrogens (tertiary/aromatic N) is 5. The summed E-state index contributed by atoms with van der Waals surface area (Å²) in [5.74, 6) is 1.23. The first kappa shape index (κ1) is 21.3. The van der Waals surface area contributed by atoms with Gasteiger partial charge >= 0.3 is 0 Å². The highest BCUT2D eigenvalue weighted by Crippen LogP contribution is 2.19. The molecule has 1 N–H and O–H groups in total. The quantitative estimate of drug-likeness (QED) is 0.644. The molecule has 1 aliphatic heterocycles. The molecule has 0 radical (unpaired) electrons. The monoisotopic (exact) mass is 438 g/mol. The molecule has 7 nitrogen and oxygen atoms in total. The van der Waals surface area contributed by atoms with Gasteiger partial charge in [-0.3, -0.25) is 4.79 Å². The van der Waals surface area contributed by atoms with Crippen molar-refractivity contribution in [3.8, 4) is 5.82 Å². The fourth-order valence-corrected chi connectivity index (χ4v) is 4.04. The Bertz CT molecular complexity index is 1050. The molecule has 3 aromatic rings. The van der Waals surface area contributed by atoms with Crippen LogP contribution in [0.5, 0.6) is 0 Å². The van der Waals surface area contributed by atoms with Crippen molar-refractivity contribution >= 4 is 23.3 Å². The molecule has 8 heteroatoms. The topological polar surface area (TPSA) is 75.9 Å². The molecule has 0 saturated carbocycles. The third-order valence-corrected chi connectivity index (χ3v) is 5.77. The summed E-state index contributed by atoms with van der Waals surface area (Å²) in [5, 5.41) is 7.62. The number of carbonyl (C=O) groups excluding carboxylic acids is 1. The molecule has 162 valence electrons. The van der Waals surface area contributed by atoms with E-state index in [0.29, 0.717) is 17.4 Å².